The maximum atomic E-state index is 12.8. The fourth-order valence-electron chi connectivity index (χ4n) is 2.39. The van der Waals surface area contributed by atoms with Gasteiger partial charge >= 0.3 is 12.1 Å². The van der Waals surface area contributed by atoms with E-state index >= 15 is 0 Å². The Morgan fingerprint density at radius 2 is 1.96 bits per heavy atom. The van der Waals surface area contributed by atoms with Crippen molar-refractivity contribution in [2.24, 2.45) is 0 Å². The Morgan fingerprint density at radius 1 is 1.19 bits per heavy atom. The maximum Gasteiger partial charge on any atom is 0.416 e. The van der Waals surface area contributed by atoms with Crippen LogP contribution in [0.2, 0.25) is 0 Å². The number of carbonyl (C=O) groups is 1. The highest BCUT2D eigenvalue weighted by atomic mass is 19.4. The SMILES string of the molecule is Cc1cc(Nc2ccc(C(F)(F)F)cc2C(=O)O)n(-c2ccccn2)n1. The summed E-state index contributed by atoms with van der Waals surface area (Å²) in [7, 11) is 0. The van der Waals surface area contributed by atoms with E-state index in [2.05, 4.69) is 15.4 Å². The molecule has 0 aliphatic rings. The largest absolute Gasteiger partial charge is 0.478 e. The number of rotatable bonds is 4. The summed E-state index contributed by atoms with van der Waals surface area (Å²) in [6.45, 7) is 1.73. The molecular formula is C17H13F3N4O2. The molecule has 2 aromatic heterocycles. The van der Waals surface area contributed by atoms with Crippen molar-refractivity contribution < 1.29 is 23.1 Å². The highest BCUT2D eigenvalue weighted by molar-refractivity contribution is 5.95. The summed E-state index contributed by atoms with van der Waals surface area (Å²) in [6, 6.07) is 9.31. The summed E-state index contributed by atoms with van der Waals surface area (Å²) < 4.78 is 40.0. The number of anilines is 2. The van der Waals surface area contributed by atoms with Crippen LogP contribution in [0.5, 0.6) is 0 Å². The molecule has 6 nitrogen and oxygen atoms in total. The number of hydrogen-bond donors (Lipinski definition) is 2. The Hall–Kier alpha value is -3.36. The van der Waals surface area contributed by atoms with Crippen LogP contribution in [0.25, 0.3) is 5.82 Å². The second-order valence-corrected chi connectivity index (χ2v) is 5.46. The first-order valence-electron chi connectivity index (χ1n) is 7.45. The molecule has 1 aromatic carbocycles. The minimum absolute atomic E-state index is 0.0163. The molecule has 2 heterocycles. The Kier molecular flexibility index (Phi) is 4.37. The van der Waals surface area contributed by atoms with Crippen molar-refractivity contribution in [2.75, 3.05) is 5.32 Å². The van der Waals surface area contributed by atoms with Gasteiger partial charge in [0.05, 0.1) is 22.5 Å². The third kappa shape index (κ3) is 3.51. The van der Waals surface area contributed by atoms with E-state index in [-0.39, 0.29) is 5.69 Å². The van der Waals surface area contributed by atoms with Crippen LogP contribution in [-0.4, -0.2) is 25.8 Å². The lowest BCUT2D eigenvalue weighted by Gasteiger charge is -2.13. The van der Waals surface area contributed by atoms with Crippen molar-refractivity contribution in [3.8, 4) is 5.82 Å². The Bertz CT molecular complexity index is 952. The average Bonchev–Trinajstić information content (AvgIpc) is 2.95. The predicted molar refractivity (Wildman–Crippen MR) is 87.8 cm³/mol. The van der Waals surface area contributed by atoms with Crippen LogP contribution in [0.4, 0.5) is 24.7 Å². The first kappa shape index (κ1) is 17.5. The molecule has 2 N–H and O–H groups in total. The lowest BCUT2D eigenvalue weighted by molar-refractivity contribution is -0.137. The van der Waals surface area contributed by atoms with Crippen LogP contribution in [0, 0.1) is 6.92 Å². The minimum Gasteiger partial charge on any atom is -0.478 e. The van der Waals surface area contributed by atoms with Crippen LogP contribution < -0.4 is 5.32 Å². The van der Waals surface area contributed by atoms with Crippen LogP contribution >= 0.6 is 0 Å². The number of halogens is 3. The molecule has 26 heavy (non-hydrogen) atoms. The van der Waals surface area contributed by atoms with Crippen molar-refractivity contribution in [1.29, 1.82) is 0 Å². The molecule has 0 amide bonds. The van der Waals surface area contributed by atoms with Crippen molar-refractivity contribution in [2.45, 2.75) is 13.1 Å². The molecule has 0 radical (unpaired) electrons. The molecule has 0 spiro atoms. The quantitative estimate of drug-likeness (QED) is 0.732. The van der Waals surface area contributed by atoms with E-state index in [4.69, 9.17) is 0 Å². The Labute approximate surface area is 145 Å². The smallest absolute Gasteiger partial charge is 0.416 e. The molecule has 0 bridgehead atoms. The number of nitrogens with one attached hydrogen (secondary N) is 1. The van der Waals surface area contributed by atoms with E-state index in [9.17, 15) is 23.1 Å². The molecule has 9 heteroatoms. The lowest BCUT2D eigenvalue weighted by atomic mass is 10.1. The zero-order valence-corrected chi connectivity index (χ0v) is 13.4. The first-order valence-corrected chi connectivity index (χ1v) is 7.45. The van der Waals surface area contributed by atoms with E-state index in [0.29, 0.717) is 23.4 Å². The molecule has 134 valence electrons. The molecule has 0 aliphatic heterocycles. The van der Waals surface area contributed by atoms with E-state index in [1.807, 2.05) is 0 Å². The van der Waals surface area contributed by atoms with Gasteiger partial charge in [-0.15, -0.1) is 0 Å². The summed E-state index contributed by atoms with van der Waals surface area (Å²) in [5.41, 5.74) is -0.884. The highest BCUT2D eigenvalue weighted by Gasteiger charge is 2.32. The van der Waals surface area contributed by atoms with Crippen LogP contribution in [0.1, 0.15) is 21.6 Å². The number of aromatic nitrogens is 3. The van der Waals surface area contributed by atoms with Crippen LogP contribution in [0.15, 0.2) is 48.7 Å². The van der Waals surface area contributed by atoms with Gasteiger partial charge in [-0.05, 0) is 37.3 Å². The van der Waals surface area contributed by atoms with Crippen molar-refractivity contribution in [1.82, 2.24) is 14.8 Å². The number of pyridine rings is 1. The second kappa shape index (κ2) is 6.51. The van der Waals surface area contributed by atoms with E-state index < -0.39 is 23.3 Å². The van der Waals surface area contributed by atoms with E-state index in [0.717, 1.165) is 12.1 Å². The first-order chi connectivity index (χ1) is 12.3. The molecule has 0 fully saturated rings. The van der Waals surface area contributed by atoms with Crippen LogP contribution in [-0.2, 0) is 6.18 Å². The van der Waals surface area contributed by atoms with Gasteiger partial charge in [-0.1, -0.05) is 6.07 Å². The second-order valence-electron chi connectivity index (χ2n) is 5.46. The summed E-state index contributed by atoms with van der Waals surface area (Å²) in [5, 5.41) is 16.4. The molecule has 0 saturated heterocycles. The summed E-state index contributed by atoms with van der Waals surface area (Å²) in [4.78, 5) is 15.6. The van der Waals surface area contributed by atoms with Gasteiger partial charge in [-0.25, -0.2) is 9.78 Å². The number of aromatic carboxylic acids is 1. The summed E-state index contributed by atoms with van der Waals surface area (Å²) >= 11 is 0. The normalized spacial score (nSPS) is 11.4. The zero-order valence-electron chi connectivity index (χ0n) is 13.4. The predicted octanol–water partition coefficient (Wildman–Crippen LogP) is 4.04. The lowest BCUT2D eigenvalue weighted by Crippen LogP contribution is -2.11. The molecule has 0 unspecified atom stereocenters. The third-order valence-corrected chi connectivity index (χ3v) is 3.54. The Balaban J connectivity index is 2.04. The van der Waals surface area contributed by atoms with E-state index in [1.165, 1.54) is 4.68 Å². The van der Waals surface area contributed by atoms with Crippen LogP contribution in [0.3, 0.4) is 0 Å². The van der Waals surface area contributed by atoms with Crippen molar-refractivity contribution in [3.05, 3.63) is 65.5 Å². The summed E-state index contributed by atoms with van der Waals surface area (Å²) in [5.74, 6) is -0.616. The van der Waals surface area contributed by atoms with Gasteiger partial charge in [-0.3, -0.25) is 0 Å². The van der Waals surface area contributed by atoms with Gasteiger partial charge in [0.25, 0.3) is 0 Å². The number of carboxylic acids is 1. The molecule has 0 aliphatic carbocycles. The highest BCUT2D eigenvalue weighted by Crippen LogP contribution is 2.33. The maximum absolute atomic E-state index is 12.8. The number of aryl methyl sites for hydroxylation is 1. The topological polar surface area (TPSA) is 80.0 Å². The zero-order chi connectivity index (χ0) is 18.9. The standard InChI is InChI=1S/C17H13F3N4O2/c1-10-8-15(24(23-10)14-4-2-3-7-21-14)22-13-6-5-11(17(18,19)20)9-12(13)16(25)26/h2-9,22H,1H3,(H,25,26). The van der Waals surface area contributed by atoms with Crippen molar-refractivity contribution >= 4 is 17.5 Å². The molecule has 3 rings (SSSR count). The molecule has 0 atom stereocenters. The van der Waals surface area contributed by atoms with E-state index in [1.54, 1.807) is 37.4 Å². The van der Waals surface area contributed by atoms with Gasteiger partial charge < -0.3 is 10.4 Å². The fourth-order valence-corrected chi connectivity index (χ4v) is 2.39. The van der Waals surface area contributed by atoms with Gasteiger partial charge in [0.15, 0.2) is 5.82 Å². The number of carboxylic acid groups (broad SMARTS) is 1. The summed E-state index contributed by atoms with van der Waals surface area (Å²) in [6.07, 6.45) is -3.06. The minimum atomic E-state index is -4.63. The van der Waals surface area contributed by atoms with Gasteiger partial charge in [0, 0.05) is 12.3 Å². The van der Waals surface area contributed by atoms with Gasteiger partial charge in [0.1, 0.15) is 5.82 Å². The molecule has 3 aromatic rings. The van der Waals surface area contributed by atoms with Gasteiger partial charge in [-0.2, -0.15) is 23.0 Å². The fraction of sp³-hybridized carbons (Fsp3) is 0.118. The number of nitrogens with zero attached hydrogens (tertiary/aromatic N) is 3. The monoisotopic (exact) mass is 362 g/mol. The Morgan fingerprint density at radius 3 is 2.58 bits per heavy atom. The molecule has 0 saturated carbocycles. The average molecular weight is 362 g/mol. The number of hydrogen-bond acceptors (Lipinski definition) is 4. The van der Waals surface area contributed by atoms with Crippen molar-refractivity contribution in [3.63, 3.8) is 0 Å². The number of alkyl halides is 3. The third-order valence-electron chi connectivity index (χ3n) is 3.54. The molecular weight excluding hydrogens is 349 g/mol. The number of benzene rings is 1. The van der Waals surface area contributed by atoms with Gasteiger partial charge in [0.2, 0.25) is 0 Å².